The number of rotatable bonds is 8. The van der Waals surface area contributed by atoms with E-state index in [2.05, 4.69) is 0 Å². The number of phenols is 1. The fraction of sp³-hybridized carbons (Fsp3) is 0.0952. The molecule has 15 heteroatoms. The van der Waals surface area contributed by atoms with E-state index < -0.39 is 5.97 Å². The summed E-state index contributed by atoms with van der Waals surface area (Å²) in [6.45, 7) is 2.79. The Morgan fingerprint density at radius 1 is 0.439 bits per heavy atom. The third-order valence-electron chi connectivity index (χ3n) is 6.53. The highest BCUT2D eigenvalue weighted by molar-refractivity contribution is 6.32. The lowest BCUT2D eigenvalue weighted by atomic mass is 10.1. The standard InChI is InChI=1S/C14H10Cl2O3.C14H10Cl2O2.C12H8Cl2O2.2CH4.2H2O/c1-9(17)18-14-8-11(16)4-7-13(14)19-12-5-2-10(15)3-6-12;1-9(17)13-8-11(16)4-7-14(13)18-12-5-2-10(15)3-6-12;13-8-1-4-10(5-2-8)16-12-6-3-9(14)7-11(12)15;;;;/h2-8H,1H3;2-8H,1H3;1-7,15H;2*1H4;2*1H2. The van der Waals surface area contributed by atoms with Crippen molar-refractivity contribution in [2.75, 3.05) is 0 Å². The molecule has 0 bridgehead atoms. The Bertz CT molecular complexity index is 2160. The Morgan fingerprint density at radius 3 is 1.18 bits per heavy atom. The normalized spacial score (nSPS) is 9.40. The highest BCUT2D eigenvalue weighted by Gasteiger charge is 2.11. The van der Waals surface area contributed by atoms with Gasteiger partial charge >= 0.3 is 5.97 Å². The van der Waals surface area contributed by atoms with Gasteiger partial charge in [0.1, 0.15) is 23.0 Å². The average Bonchev–Trinajstić information content (AvgIpc) is 3.11. The first-order valence-electron chi connectivity index (χ1n) is 15.3. The lowest BCUT2D eigenvalue weighted by Crippen LogP contribution is -2.02. The van der Waals surface area contributed by atoms with Crippen LogP contribution >= 0.6 is 69.6 Å². The van der Waals surface area contributed by atoms with Crippen molar-refractivity contribution in [2.24, 2.45) is 0 Å². The molecule has 6 aromatic rings. The lowest BCUT2D eigenvalue weighted by molar-refractivity contribution is -0.132. The monoisotopic (exact) mass is 898 g/mol. The molecule has 9 nitrogen and oxygen atoms in total. The minimum absolute atomic E-state index is 0. The molecule has 6 rings (SSSR count). The summed E-state index contributed by atoms with van der Waals surface area (Å²) in [6, 6.07) is 35.1. The van der Waals surface area contributed by atoms with E-state index in [0.717, 1.165) is 0 Å². The van der Waals surface area contributed by atoms with Crippen molar-refractivity contribution < 1.29 is 44.6 Å². The zero-order chi connectivity index (χ0) is 38.5. The maximum atomic E-state index is 11.5. The molecule has 6 aromatic carbocycles. The van der Waals surface area contributed by atoms with Crippen LogP contribution in [0.15, 0.2) is 127 Å². The zero-order valence-electron chi connectivity index (χ0n) is 28.8. The van der Waals surface area contributed by atoms with E-state index in [4.69, 9.17) is 88.6 Å². The molecule has 0 radical (unpaired) electrons. The second kappa shape index (κ2) is 25.5. The third kappa shape index (κ3) is 17.6. The van der Waals surface area contributed by atoms with Crippen LogP contribution in [0.1, 0.15) is 39.1 Å². The number of hydrogen-bond donors (Lipinski definition) is 1. The first-order chi connectivity index (χ1) is 25.2. The highest BCUT2D eigenvalue weighted by atomic mass is 35.5. The maximum Gasteiger partial charge on any atom is 0.308 e. The van der Waals surface area contributed by atoms with E-state index in [1.165, 1.54) is 26.0 Å². The van der Waals surface area contributed by atoms with Gasteiger partial charge in [0, 0.05) is 49.2 Å². The Morgan fingerprint density at radius 2 is 0.772 bits per heavy atom. The van der Waals surface area contributed by atoms with Crippen LogP contribution in [-0.4, -0.2) is 27.8 Å². The van der Waals surface area contributed by atoms with Gasteiger partial charge in [0.05, 0.1) is 5.56 Å². The molecule has 0 aliphatic rings. The van der Waals surface area contributed by atoms with Gasteiger partial charge in [0.25, 0.3) is 0 Å². The summed E-state index contributed by atoms with van der Waals surface area (Å²) in [5.41, 5.74) is 0.456. The minimum Gasteiger partial charge on any atom is -0.504 e. The first kappa shape index (κ1) is 52.3. The average molecular weight is 901 g/mol. The van der Waals surface area contributed by atoms with Crippen LogP contribution in [-0.2, 0) is 4.79 Å². The van der Waals surface area contributed by atoms with Crippen LogP contribution in [0.3, 0.4) is 0 Å². The van der Waals surface area contributed by atoms with E-state index >= 15 is 0 Å². The highest BCUT2D eigenvalue weighted by Crippen LogP contribution is 2.35. The van der Waals surface area contributed by atoms with Crippen molar-refractivity contribution in [3.8, 4) is 46.0 Å². The molecule has 5 N–H and O–H groups in total. The number of benzene rings is 6. The number of hydrogen-bond acceptors (Lipinski definition) is 7. The molecule has 0 amide bonds. The molecular formula is C42H40Cl6O9. The smallest absolute Gasteiger partial charge is 0.308 e. The maximum absolute atomic E-state index is 11.5. The quantitative estimate of drug-likeness (QED) is 0.0906. The second-order valence-electron chi connectivity index (χ2n) is 10.7. The number of halogens is 6. The van der Waals surface area contributed by atoms with E-state index in [0.29, 0.717) is 70.2 Å². The van der Waals surface area contributed by atoms with Gasteiger partial charge in [-0.05, 0) is 122 Å². The van der Waals surface area contributed by atoms with Crippen molar-refractivity contribution >= 4 is 81.4 Å². The molecule has 57 heavy (non-hydrogen) atoms. The summed E-state index contributed by atoms with van der Waals surface area (Å²) < 4.78 is 21.8. The van der Waals surface area contributed by atoms with Gasteiger partial charge in [-0.2, -0.15) is 0 Å². The predicted octanol–water partition coefficient (Wildman–Crippen LogP) is 13.8. The summed E-state index contributed by atoms with van der Waals surface area (Å²) in [6.07, 6.45) is 0. The Balaban J connectivity index is 0.000000800. The topological polar surface area (TPSA) is 154 Å². The molecule has 0 spiro atoms. The number of carbonyl (C=O) groups excluding carboxylic acids is 2. The SMILES string of the molecule is C.C.CC(=O)Oc1cc(Cl)ccc1Oc1ccc(Cl)cc1.CC(=O)c1cc(Cl)ccc1Oc1ccc(Cl)cc1.O.O.Oc1cc(Cl)ccc1Oc1ccc(Cl)cc1. The van der Waals surface area contributed by atoms with Gasteiger partial charge in [-0.1, -0.05) is 84.5 Å². The number of ether oxygens (including phenoxy) is 4. The molecule has 0 aliphatic carbocycles. The van der Waals surface area contributed by atoms with E-state index in [1.807, 2.05) is 0 Å². The lowest BCUT2D eigenvalue weighted by Gasteiger charge is -2.10. The number of ketones is 1. The summed E-state index contributed by atoms with van der Waals surface area (Å²) in [5, 5.41) is 12.9. The number of carbonyl (C=O) groups is 2. The van der Waals surface area contributed by atoms with Crippen LogP contribution < -0.4 is 18.9 Å². The van der Waals surface area contributed by atoms with Crippen molar-refractivity contribution in [3.63, 3.8) is 0 Å². The third-order valence-corrected chi connectivity index (χ3v) is 7.99. The van der Waals surface area contributed by atoms with Gasteiger partial charge in [0.2, 0.25) is 0 Å². The fourth-order valence-electron chi connectivity index (χ4n) is 4.13. The summed E-state index contributed by atoms with van der Waals surface area (Å²) >= 11 is 34.8. The number of Topliss-reactive ketones (excluding diaryl/α,β-unsaturated/α-hetero) is 1. The van der Waals surface area contributed by atoms with E-state index in [9.17, 15) is 14.7 Å². The van der Waals surface area contributed by atoms with Crippen molar-refractivity contribution in [1.82, 2.24) is 0 Å². The Hall–Kier alpha value is -4.68. The van der Waals surface area contributed by atoms with Gasteiger partial charge in [0.15, 0.2) is 28.8 Å². The molecule has 0 aromatic heterocycles. The molecule has 304 valence electrons. The molecule has 0 aliphatic heterocycles. The van der Waals surface area contributed by atoms with Gasteiger partial charge in [-0.25, -0.2) is 0 Å². The largest absolute Gasteiger partial charge is 0.504 e. The summed E-state index contributed by atoms with van der Waals surface area (Å²) in [5.74, 6) is 2.77. The van der Waals surface area contributed by atoms with Crippen LogP contribution in [0.2, 0.25) is 30.1 Å². The molecule has 0 fully saturated rings. The predicted molar refractivity (Wildman–Crippen MR) is 233 cm³/mol. The fourth-order valence-corrected chi connectivity index (χ4v) is 5.01. The molecule has 0 unspecified atom stereocenters. The second-order valence-corrected chi connectivity index (χ2v) is 13.3. The minimum atomic E-state index is -0.441. The zero-order valence-corrected chi connectivity index (χ0v) is 33.3. The summed E-state index contributed by atoms with van der Waals surface area (Å²) in [7, 11) is 0. The number of phenolic OH excluding ortho intramolecular Hbond substituents is 1. The molecule has 0 atom stereocenters. The van der Waals surface area contributed by atoms with Gasteiger partial charge in [-0.3, -0.25) is 9.59 Å². The van der Waals surface area contributed by atoms with Crippen molar-refractivity contribution in [1.29, 1.82) is 0 Å². The van der Waals surface area contributed by atoms with Crippen LogP contribution in [0.4, 0.5) is 0 Å². The van der Waals surface area contributed by atoms with Gasteiger partial charge < -0.3 is 35.0 Å². The van der Waals surface area contributed by atoms with Crippen molar-refractivity contribution in [2.45, 2.75) is 28.7 Å². The molecule has 0 saturated carbocycles. The van der Waals surface area contributed by atoms with E-state index in [1.54, 1.807) is 115 Å². The molecule has 0 saturated heterocycles. The Kier molecular flexibility index (Phi) is 23.4. The summed E-state index contributed by atoms with van der Waals surface area (Å²) in [4.78, 5) is 22.5. The van der Waals surface area contributed by atoms with E-state index in [-0.39, 0.29) is 43.1 Å². The van der Waals surface area contributed by atoms with Crippen molar-refractivity contribution in [3.05, 3.63) is 163 Å². The number of esters is 1. The molecule has 0 heterocycles. The van der Waals surface area contributed by atoms with Crippen LogP contribution in [0.5, 0.6) is 46.0 Å². The van der Waals surface area contributed by atoms with Gasteiger partial charge in [-0.15, -0.1) is 0 Å². The van der Waals surface area contributed by atoms with Crippen LogP contribution in [0, 0.1) is 0 Å². The Labute approximate surface area is 361 Å². The number of aromatic hydroxyl groups is 1. The molecular weight excluding hydrogens is 861 g/mol. The first-order valence-corrected chi connectivity index (χ1v) is 17.6. The van der Waals surface area contributed by atoms with Crippen LogP contribution in [0.25, 0.3) is 0 Å².